The molecule has 4 heteroatoms. The van der Waals surface area contributed by atoms with Crippen LogP contribution in [0.15, 0.2) is 0 Å². The maximum atomic E-state index is 12.3. The predicted molar refractivity (Wildman–Crippen MR) is 72.0 cm³/mol. The third kappa shape index (κ3) is 4.00. The highest BCUT2D eigenvalue weighted by molar-refractivity contribution is 5.95. The Balaban J connectivity index is 2.68. The van der Waals surface area contributed by atoms with Gasteiger partial charge >= 0.3 is 0 Å². The summed E-state index contributed by atoms with van der Waals surface area (Å²) in [5, 5.41) is 2.81. The Morgan fingerprint density at radius 3 is 2.50 bits per heavy atom. The van der Waals surface area contributed by atoms with Gasteiger partial charge < -0.3 is 10.2 Å². The number of carbonyl (C=O) groups is 2. The minimum atomic E-state index is -0.337. The molecule has 104 valence electrons. The summed E-state index contributed by atoms with van der Waals surface area (Å²) >= 11 is 0. The number of amides is 2. The molecule has 2 amide bonds. The van der Waals surface area contributed by atoms with Crippen LogP contribution in [0.4, 0.5) is 0 Å². The molecule has 18 heavy (non-hydrogen) atoms. The molecule has 1 aliphatic heterocycles. The average molecular weight is 254 g/mol. The molecular formula is C14H26N2O2. The molecule has 0 bridgehead atoms. The Kier molecular flexibility index (Phi) is 4.77. The molecule has 2 atom stereocenters. The molecule has 0 aromatic carbocycles. The Morgan fingerprint density at radius 1 is 1.39 bits per heavy atom. The van der Waals surface area contributed by atoms with Crippen LogP contribution >= 0.6 is 0 Å². The third-order valence-electron chi connectivity index (χ3n) is 3.57. The van der Waals surface area contributed by atoms with Gasteiger partial charge in [-0.05, 0) is 17.8 Å². The molecule has 4 nitrogen and oxygen atoms in total. The summed E-state index contributed by atoms with van der Waals surface area (Å²) in [6, 6.07) is -0.337. The van der Waals surface area contributed by atoms with Crippen molar-refractivity contribution in [1.82, 2.24) is 10.2 Å². The van der Waals surface area contributed by atoms with Crippen molar-refractivity contribution < 1.29 is 9.59 Å². The van der Waals surface area contributed by atoms with Gasteiger partial charge in [0, 0.05) is 6.54 Å². The molecule has 2 unspecified atom stereocenters. The first-order valence-electron chi connectivity index (χ1n) is 6.82. The van der Waals surface area contributed by atoms with Gasteiger partial charge in [-0.25, -0.2) is 0 Å². The van der Waals surface area contributed by atoms with Gasteiger partial charge in [0.15, 0.2) is 0 Å². The zero-order valence-electron chi connectivity index (χ0n) is 12.2. The smallest absolute Gasteiger partial charge is 0.245 e. The Bertz CT molecular complexity index is 320. The van der Waals surface area contributed by atoms with Crippen molar-refractivity contribution >= 4 is 11.8 Å². The van der Waals surface area contributed by atoms with Crippen molar-refractivity contribution in [3.05, 3.63) is 0 Å². The van der Waals surface area contributed by atoms with Crippen molar-refractivity contribution in [1.29, 1.82) is 0 Å². The average Bonchev–Trinajstić information content (AvgIpc) is 2.27. The lowest BCUT2D eigenvalue weighted by molar-refractivity contribution is -0.146. The number of carbonyl (C=O) groups excluding carboxylic acids is 2. The zero-order valence-corrected chi connectivity index (χ0v) is 12.2. The van der Waals surface area contributed by atoms with Gasteiger partial charge in [-0.2, -0.15) is 0 Å². The molecule has 0 saturated carbocycles. The van der Waals surface area contributed by atoms with Crippen molar-refractivity contribution in [2.24, 2.45) is 11.3 Å². The van der Waals surface area contributed by atoms with Gasteiger partial charge in [-0.3, -0.25) is 9.59 Å². The molecule has 0 aromatic rings. The second kappa shape index (κ2) is 5.72. The lowest BCUT2D eigenvalue weighted by atomic mass is 9.91. The van der Waals surface area contributed by atoms with Crippen LogP contribution in [0.1, 0.15) is 47.5 Å². The number of hydrogen-bond acceptors (Lipinski definition) is 2. The number of nitrogens with zero attached hydrogens (tertiary/aromatic N) is 1. The summed E-state index contributed by atoms with van der Waals surface area (Å²) in [7, 11) is 0. The van der Waals surface area contributed by atoms with Crippen LogP contribution in [0.25, 0.3) is 0 Å². The third-order valence-corrected chi connectivity index (χ3v) is 3.57. The predicted octanol–water partition coefficient (Wildman–Crippen LogP) is 1.80. The van der Waals surface area contributed by atoms with Crippen LogP contribution < -0.4 is 5.32 Å². The van der Waals surface area contributed by atoms with Crippen LogP contribution in [0.3, 0.4) is 0 Å². The second-order valence-electron chi connectivity index (χ2n) is 6.50. The van der Waals surface area contributed by atoms with Crippen molar-refractivity contribution in [3.8, 4) is 0 Å². The molecule has 1 heterocycles. The highest BCUT2D eigenvalue weighted by Crippen LogP contribution is 2.21. The van der Waals surface area contributed by atoms with Crippen LogP contribution in [0.2, 0.25) is 0 Å². The van der Waals surface area contributed by atoms with E-state index in [4.69, 9.17) is 0 Å². The Labute approximate surface area is 110 Å². The van der Waals surface area contributed by atoms with E-state index in [1.807, 2.05) is 13.8 Å². The fraction of sp³-hybridized carbons (Fsp3) is 0.857. The largest absolute Gasteiger partial charge is 0.342 e. The SMILES string of the molecule is CCC(C)C1NC(=O)CN(CCC(C)(C)C)C1=O. The number of nitrogens with one attached hydrogen (secondary N) is 1. The fourth-order valence-corrected chi connectivity index (χ4v) is 2.01. The van der Waals surface area contributed by atoms with E-state index in [-0.39, 0.29) is 35.7 Å². The first-order valence-corrected chi connectivity index (χ1v) is 6.82. The first-order chi connectivity index (χ1) is 8.24. The van der Waals surface area contributed by atoms with Gasteiger partial charge in [0.05, 0.1) is 6.54 Å². The van der Waals surface area contributed by atoms with Gasteiger partial charge in [-0.1, -0.05) is 41.0 Å². The monoisotopic (exact) mass is 254 g/mol. The lowest BCUT2D eigenvalue weighted by Crippen LogP contribution is -2.60. The highest BCUT2D eigenvalue weighted by Gasteiger charge is 2.35. The van der Waals surface area contributed by atoms with Gasteiger partial charge in [0.25, 0.3) is 0 Å². The molecule has 1 N–H and O–H groups in total. The minimum absolute atomic E-state index is 0.0335. The Morgan fingerprint density at radius 2 is 2.00 bits per heavy atom. The molecule has 0 spiro atoms. The standard InChI is InChI=1S/C14H26N2O2/c1-6-10(2)12-13(18)16(9-11(17)15-12)8-7-14(3,4)5/h10,12H,6-9H2,1-5H3,(H,15,17). The molecule has 1 rings (SSSR count). The summed E-state index contributed by atoms with van der Waals surface area (Å²) in [6.07, 6.45) is 1.81. The summed E-state index contributed by atoms with van der Waals surface area (Å²) in [5.41, 5.74) is 0.181. The Hall–Kier alpha value is -1.06. The summed E-state index contributed by atoms with van der Waals surface area (Å²) < 4.78 is 0. The van der Waals surface area contributed by atoms with Crippen molar-refractivity contribution in [2.75, 3.05) is 13.1 Å². The van der Waals surface area contributed by atoms with E-state index < -0.39 is 0 Å². The van der Waals surface area contributed by atoms with E-state index in [0.717, 1.165) is 12.8 Å². The maximum Gasteiger partial charge on any atom is 0.245 e. The van der Waals surface area contributed by atoms with Crippen LogP contribution in [-0.4, -0.2) is 35.8 Å². The number of rotatable bonds is 4. The topological polar surface area (TPSA) is 49.4 Å². The van der Waals surface area contributed by atoms with E-state index in [2.05, 4.69) is 26.1 Å². The summed E-state index contributed by atoms with van der Waals surface area (Å²) in [6.45, 7) is 11.4. The fourth-order valence-electron chi connectivity index (χ4n) is 2.01. The van der Waals surface area contributed by atoms with E-state index in [0.29, 0.717) is 6.54 Å². The van der Waals surface area contributed by atoms with Crippen LogP contribution in [0, 0.1) is 11.3 Å². The summed E-state index contributed by atoms with van der Waals surface area (Å²) in [4.78, 5) is 25.7. The van der Waals surface area contributed by atoms with Gasteiger partial charge in [0.2, 0.25) is 11.8 Å². The molecule has 1 saturated heterocycles. The molecule has 0 radical (unpaired) electrons. The number of hydrogen-bond donors (Lipinski definition) is 1. The normalized spacial score (nSPS) is 22.9. The van der Waals surface area contributed by atoms with Crippen molar-refractivity contribution in [2.45, 2.75) is 53.5 Å². The molecule has 1 fully saturated rings. The molecule has 0 aromatic heterocycles. The first kappa shape index (κ1) is 15.0. The molecule has 0 aliphatic carbocycles. The van der Waals surface area contributed by atoms with E-state index >= 15 is 0 Å². The van der Waals surface area contributed by atoms with Gasteiger partial charge in [-0.15, -0.1) is 0 Å². The van der Waals surface area contributed by atoms with Crippen molar-refractivity contribution in [3.63, 3.8) is 0 Å². The molecular weight excluding hydrogens is 228 g/mol. The maximum absolute atomic E-state index is 12.3. The molecule has 1 aliphatic rings. The summed E-state index contributed by atoms with van der Waals surface area (Å²) in [5.74, 6) is 0.237. The van der Waals surface area contributed by atoms with Crippen LogP contribution in [-0.2, 0) is 9.59 Å². The highest BCUT2D eigenvalue weighted by atomic mass is 16.2. The lowest BCUT2D eigenvalue weighted by Gasteiger charge is -2.36. The number of piperazine rings is 1. The quantitative estimate of drug-likeness (QED) is 0.831. The van der Waals surface area contributed by atoms with E-state index in [1.54, 1.807) is 4.90 Å². The van der Waals surface area contributed by atoms with E-state index in [9.17, 15) is 9.59 Å². The minimum Gasteiger partial charge on any atom is -0.342 e. The zero-order chi connectivity index (χ0) is 13.9. The van der Waals surface area contributed by atoms with Gasteiger partial charge in [0.1, 0.15) is 6.04 Å². The van der Waals surface area contributed by atoms with Crippen LogP contribution in [0.5, 0.6) is 0 Å². The second-order valence-corrected chi connectivity index (χ2v) is 6.50. The van der Waals surface area contributed by atoms with E-state index in [1.165, 1.54) is 0 Å².